The van der Waals surface area contributed by atoms with Crippen molar-refractivity contribution in [3.8, 4) is 11.5 Å². The smallest absolute Gasteiger partial charge is 0.417 e. The molecule has 0 spiro atoms. The lowest BCUT2D eigenvalue weighted by Gasteiger charge is -2.44. The monoisotopic (exact) mass is 800 g/mol. The Bertz CT molecular complexity index is 1980. The number of nitrogens with one attached hydrogen (secondary N) is 1. The zero-order valence-electron chi connectivity index (χ0n) is 33.0. The number of benzene rings is 4. The molecule has 4 aromatic carbocycles. The summed E-state index contributed by atoms with van der Waals surface area (Å²) in [6.45, 7) is 9.89. The number of hydrogen-bond acceptors (Lipinski definition) is 11. The van der Waals surface area contributed by atoms with Gasteiger partial charge in [-0.05, 0) is 92.6 Å². The van der Waals surface area contributed by atoms with Crippen molar-refractivity contribution < 1.29 is 47.2 Å². The molecule has 2 saturated heterocycles. The molecule has 57 heavy (non-hydrogen) atoms. The van der Waals surface area contributed by atoms with E-state index in [1.54, 1.807) is 64.3 Å². The number of imide groups is 1. The standard InChI is InChI=1S/C44H49FN2O9S/c1-42(2,3)56-37(48)25-52-35-20-12-30(13-21-35)38(46-33-18-16-32(45)17-19-33)39(40(49)47-36(24-53-41(47)50)29-10-8-7-9-11-29)57-28-44(54-26-43(4,5)27-55-44)31-14-22-34(51-6)23-15-31/h7-23,36,38-39,46H,24-28H2,1-6H3/t36-,38+,39-/m1/s1. The number of hydrogen-bond donors (Lipinski definition) is 1. The Balaban J connectivity index is 1.40. The maximum Gasteiger partial charge on any atom is 0.417 e. The van der Waals surface area contributed by atoms with Gasteiger partial charge >= 0.3 is 12.1 Å². The van der Waals surface area contributed by atoms with Crippen LogP contribution in [0.1, 0.15) is 63.4 Å². The van der Waals surface area contributed by atoms with Crippen LogP contribution in [-0.2, 0) is 34.3 Å². The Hall–Kier alpha value is -5.11. The molecule has 0 saturated carbocycles. The number of carbonyl (C=O) groups excluding carboxylic acids is 3. The number of amides is 2. The van der Waals surface area contributed by atoms with Gasteiger partial charge in [0.15, 0.2) is 6.61 Å². The van der Waals surface area contributed by atoms with E-state index >= 15 is 4.79 Å². The molecule has 6 rings (SSSR count). The van der Waals surface area contributed by atoms with Gasteiger partial charge in [-0.25, -0.2) is 18.9 Å². The number of methoxy groups -OCH3 is 1. The van der Waals surface area contributed by atoms with Crippen molar-refractivity contribution in [3.63, 3.8) is 0 Å². The second kappa shape index (κ2) is 17.6. The van der Waals surface area contributed by atoms with Gasteiger partial charge in [0.2, 0.25) is 11.7 Å². The van der Waals surface area contributed by atoms with Crippen LogP contribution < -0.4 is 14.8 Å². The van der Waals surface area contributed by atoms with Crippen LogP contribution in [0.2, 0.25) is 0 Å². The fourth-order valence-electron chi connectivity index (χ4n) is 6.46. The zero-order chi connectivity index (χ0) is 40.8. The molecule has 0 unspecified atom stereocenters. The summed E-state index contributed by atoms with van der Waals surface area (Å²) < 4.78 is 49.4. The average Bonchev–Trinajstić information content (AvgIpc) is 3.59. The minimum absolute atomic E-state index is 0.0111. The average molecular weight is 801 g/mol. The van der Waals surface area contributed by atoms with Gasteiger partial charge in [-0.3, -0.25) is 4.79 Å². The molecule has 0 aliphatic carbocycles. The Labute approximate surface area is 337 Å². The van der Waals surface area contributed by atoms with Crippen molar-refractivity contribution in [2.45, 2.75) is 63.3 Å². The summed E-state index contributed by atoms with van der Waals surface area (Å²) in [6.07, 6.45) is -0.761. The molecule has 2 heterocycles. The number of nitrogens with zero attached hydrogens (tertiary/aromatic N) is 1. The molecule has 302 valence electrons. The van der Waals surface area contributed by atoms with Gasteiger partial charge < -0.3 is 33.7 Å². The molecule has 0 aromatic heterocycles. The van der Waals surface area contributed by atoms with Crippen molar-refractivity contribution in [1.82, 2.24) is 4.90 Å². The van der Waals surface area contributed by atoms with E-state index in [1.165, 1.54) is 28.8 Å². The molecular weight excluding hydrogens is 752 g/mol. The van der Waals surface area contributed by atoms with E-state index in [2.05, 4.69) is 19.2 Å². The zero-order valence-corrected chi connectivity index (χ0v) is 33.8. The number of anilines is 1. The summed E-state index contributed by atoms with van der Waals surface area (Å²) in [4.78, 5) is 42.3. The van der Waals surface area contributed by atoms with E-state index in [1.807, 2.05) is 54.6 Å². The first kappa shape index (κ1) is 41.5. The van der Waals surface area contributed by atoms with E-state index in [0.29, 0.717) is 36.0 Å². The highest BCUT2D eigenvalue weighted by atomic mass is 32.2. The fraction of sp³-hybridized carbons (Fsp3) is 0.386. The summed E-state index contributed by atoms with van der Waals surface area (Å²) >= 11 is 1.27. The molecule has 2 aliphatic rings. The quantitative estimate of drug-likeness (QED) is 0.124. The van der Waals surface area contributed by atoms with Crippen molar-refractivity contribution in [2.24, 2.45) is 5.41 Å². The molecular formula is C44H49FN2O9S. The van der Waals surface area contributed by atoms with Gasteiger partial charge in [0.1, 0.15) is 40.8 Å². The molecule has 0 radical (unpaired) electrons. The maximum atomic E-state index is 15.2. The minimum atomic E-state index is -1.27. The van der Waals surface area contributed by atoms with Gasteiger partial charge in [0, 0.05) is 16.7 Å². The first-order valence-corrected chi connectivity index (χ1v) is 19.8. The highest BCUT2D eigenvalue weighted by Crippen LogP contribution is 2.44. The maximum absolute atomic E-state index is 15.2. The van der Waals surface area contributed by atoms with Gasteiger partial charge in [0.25, 0.3) is 0 Å². The molecule has 2 amide bonds. The van der Waals surface area contributed by atoms with E-state index in [4.69, 9.17) is 28.4 Å². The number of ether oxygens (including phenoxy) is 6. The molecule has 2 aliphatic heterocycles. The number of cyclic esters (lactones) is 1. The third-order valence-electron chi connectivity index (χ3n) is 9.40. The third kappa shape index (κ3) is 10.4. The predicted octanol–water partition coefficient (Wildman–Crippen LogP) is 8.46. The summed E-state index contributed by atoms with van der Waals surface area (Å²) in [5, 5.41) is 2.44. The Kier molecular flexibility index (Phi) is 12.8. The second-order valence-corrected chi connectivity index (χ2v) is 16.9. The van der Waals surface area contributed by atoms with Crippen LogP contribution in [0.4, 0.5) is 14.9 Å². The first-order chi connectivity index (χ1) is 27.1. The van der Waals surface area contributed by atoms with Crippen molar-refractivity contribution in [3.05, 3.63) is 126 Å². The predicted molar refractivity (Wildman–Crippen MR) is 215 cm³/mol. The van der Waals surface area contributed by atoms with Crippen LogP contribution >= 0.6 is 11.8 Å². The lowest BCUT2D eigenvalue weighted by atomic mass is 9.93. The van der Waals surface area contributed by atoms with Crippen LogP contribution in [0, 0.1) is 11.2 Å². The van der Waals surface area contributed by atoms with Gasteiger partial charge in [-0.2, -0.15) is 0 Å². The normalized spacial score (nSPS) is 18.5. The van der Waals surface area contributed by atoms with Gasteiger partial charge in [0.05, 0.1) is 32.1 Å². The molecule has 4 aromatic rings. The topological polar surface area (TPSA) is 122 Å². The van der Waals surface area contributed by atoms with Crippen LogP contribution in [-0.4, -0.2) is 73.0 Å². The molecule has 3 atom stereocenters. The third-order valence-corrected chi connectivity index (χ3v) is 10.8. The van der Waals surface area contributed by atoms with Crippen LogP contribution in [0.5, 0.6) is 11.5 Å². The van der Waals surface area contributed by atoms with E-state index < -0.39 is 52.5 Å². The second-order valence-electron chi connectivity index (χ2n) is 15.7. The molecule has 2 fully saturated rings. The molecule has 13 heteroatoms. The number of esters is 1. The SMILES string of the molecule is COc1ccc(C2(CS[C@@H](C(=O)N3C(=O)OC[C@@H]3c3ccccc3)[C@@H](Nc3ccc(F)cc3)c3ccc(OCC(=O)OC(C)(C)C)cc3)OCC(C)(C)CO2)cc1. The largest absolute Gasteiger partial charge is 0.497 e. The number of carbonyl (C=O) groups is 3. The van der Waals surface area contributed by atoms with Crippen molar-refractivity contribution in [2.75, 3.05) is 44.6 Å². The highest BCUT2D eigenvalue weighted by Gasteiger charge is 2.48. The number of thioether (sulfide) groups is 1. The fourth-order valence-corrected chi connectivity index (χ4v) is 7.87. The number of rotatable bonds is 14. The summed E-state index contributed by atoms with van der Waals surface area (Å²) in [7, 11) is 1.59. The Morgan fingerprint density at radius 3 is 2.16 bits per heavy atom. The van der Waals surface area contributed by atoms with Crippen LogP contribution in [0.15, 0.2) is 103 Å². The Morgan fingerprint density at radius 1 is 0.912 bits per heavy atom. The minimum Gasteiger partial charge on any atom is -0.497 e. The lowest BCUT2D eigenvalue weighted by molar-refractivity contribution is -0.295. The van der Waals surface area contributed by atoms with Gasteiger partial charge in [-0.1, -0.05) is 56.3 Å². The summed E-state index contributed by atoms with van der Waals surface area (Å²) in [5.74, 6) is -1.52. The van der Waals surface area contributed by atoms with Crippen LogP contribution in [0.3, 0.4) is 0 Å². The van der Waals surface area contributed by atoms with Gasteiger partial charge in [-0.15, -0.1) is 11.8 Å². The highest BCUT2D eigenvalue weighted by molar-refractivity contribution is 8.00. The van der Waals surface area contributed by atoms with Crippen molar-refractivity contribution in [1.29, 1.82) is 0 Å². The van der Waals surface area contributed by atoms with E-state index in [0.717, 1.165) is 11.1 Å². The molecule has 1 N–H and O–H groups in total. The lowest BCUT2D eigenvalue weighted by Crippen LogP contribution is -2.49. The summed E-state index contributed by atoms with van der Waals surface area (Å²) in [5.41, 5.74) is 1.72. The Morgan fingerprint density at radius 2 is 1.54 bits per heavy atom. The van der Waals surface area contributed by atoms with Crippen molar-refractivity contribution >= 4 is 35.4 Å². The first-order valence-electron chi connectivity index (χ1n) is 18.7. The van der Waals surface area contributed by atoms with E-state index in [9.17, 15) is 14.0 Å². The summed E-state index contributed by atoms with van der Waals surface area (Å²) in [6, 6.07) is 27.9. The molecule has 0 bridgehead atoms. The van der Waals surface area contributed by atoms with E-state index in [-0.39, 0.29) is 24.4 Å². The molecule has 11 nitrogen and oxygen atoms in total. The number of halogens is 1. The van der Waals surface area contributed by atoms with Crippen LogP contribution in [0.25, 0.3) is 0 Å².